The summed E-state index contributed by atoms with van der Waals surface area (Å²) < 4.78 is 10.8. The van der Waals surface area contributed by atoms with E-state index in [2.05, 4.69) is 23.2 Å². The van der Waals surface area contributed by atoms with Crippen LogP contribution >= 0.6 is 0 Å². The van der Waals surface area contributed by atoms with Crippen molar-refractivity contribution in [3.8, 4) is 11.5 Å². The molecule has 1 heterocycles. The Balaban J connectivity index is 2.23. The minimum absolute atomic E-state index is 0.345. The summed E-state index contributed by atoms with van der Waals surface area (Å²) in [6.07, 6.45) is 0. The molecule has 1 aliphatic heterocycles. The zero-order valence-corrected chi connectivity index (χ0v) is 11.4. The molecule has 1 saturated heterocycles. The van der Waals surface area contributed by atoms with Crippen LogP contribution in [0.1, 0.15) is 18.5 Å². The summed E-state index contributed by atoms with van der Waals surface area (Å²) in [4.78, 5) is 2.47. The van der Waals surface area contributed by atoms with Gasteiger partial charge in [-0.2, -0.15) is 0 Å². The number of piperazine rings is 1. The largest absolute Gasteiger partial charge is 0.497 e. The Bertz CT molecular complexity index is 389. The summed E-state index contributed by atoms with van der Waals surface area (Å²) in [5.41, 5.74) is 1.19. The van der Waals surface area contributed by atoms with Gasteiger partial charge in [0.05, 0.1) is 14.2 Å². The molecule has 18 heavy (non-hydrogen) atoms. The van der Waals surface area contributed by atoms with Gasteiger partial charge in [-0.1, -0.05) is 0 Å². The lowest BCUT2D eigenvalue weighted by atomic mass is 10.0. The van der Waals surface area contributed by atoms with E-state index >= 15 is 0 Å². The van der Waals surface area contributed by atoms with E-state index in [-0.39, 0.29) is 0 Å². The van der Waals surface area contributed by atoms with Crippen molar-refractivity contribution in [3.05, 3.63) is 23.8 Å². The maximum Gasteiger partial charge on any atom is 0.123 e. The Morgan fingerprint density at radius 3 is 2.50 bits per heavy atom. The number of hydrogen-bond donors (Lipinski definition) is 1. The smallest absolute Gasteiger partial charge is 0.123 e. The third kappa shape index (κ3) is 2.76. The van der Waals surface area contributed by atoms with Crippen LogP contribution in [0.25, 0.3) is 0 Å². The number of nitrogens with zero attached hydrogens (tertiary/aromatic N) is 1. The van der Waals surface area contributed by atoms with Crippen LogP contribution in [0.3, 0.4) is 0 Å². The van der Waals surface area contributed by atoms with Gasteiger partial charge in [0.2, 0.25) is 0 Å². The van der Waals surface area contributed by atoms with Crippen molar-refractivity contribution in [3.63, 3.8) is 0 Å². The highest BCUT2D eigenvalue weighted by Crippen LogP contribution is 2.32. The molecule has 1 aliphatic rings. The third-order valence-electron chi connectivity index (χ3n) is 3.59. The molecule has 0 aliphatic carbocycles. The molecule has 4 nitrogen and oxygen atoms in total. The molecule has 0 amide bonds. The first-order valence-electron chi connectivity index (χ1n) is 6.43. The first-order valence-corrected chi connectivity index (χ1v) is 6.43. The zero-order chi connectivity index (χ0) is 13.0. The predicted octanol–water partition coefficient (Wildman–Crippen LogP) is 1.67. The summed E-state index contributed by atoms with van der Waals surface area (Å²) in [7, 11) is 3.41. The van der Waals surface area contributed by atoms with Gasteiger partial charge in [0, 0.05) is 37.8 Å². The molecule has 1 fully saturated rings. The summed E-state index contributed by atoms with van der Waals surface area (Å²) >= 11 is 0. The predicted molar refractivity (Wildman–Crippen MR) is 72.4 cm³/mol. The Morgan fingerprint density at radius 2 is 1.89 bits per heavy atom. The first kappa shape index (κ1) is 13.2. The summed E-state index contributed by atoms with van der Waals surface area (Å²) in [6, 6.07) is 6.34. The molecule has 0 bridgehead atoms. The van der Waals surface area contributed by atoms with Gasteiger partial charge in [-0.3, -0.25) is 4.90 Å². The van der Waals surface area contributed by atoms with Crippen LogP contribution in [0.2, 0.25) is 0 Å². The van der Waals surface area contributed by atoms with Gasteiger partial charge in [-0.25, -0.2) is 0 Å². The van der Waals surface area contributed by atoms with Crippen LogP contribution in [-0.2, 0) is 0 Å². The molecule has 1 aromatic rings. The average Bonchev–Trinajstić information content (AvgIpc) is 2.46. The van der Waals surface area contributed by atoms with Crippen molar-refractivity contribution in [1.82, 2.24) is 10.2 Å². The number of benzene rings is 1. The van der Waals surface area contributed by atoms with Gasteiger partial charge >= 0.3 is 0 Å². The van der Waals surface area contributed by atoms with Crippen molar-refractivity contribution in [2.75, 3.05) is 40.4 Å². The SMILES string of the molecule is COc1ccc(OC)c(C(C)N2CCNCC2)c1. The number of ether oxygens (including phenoxy) is 2. The summed E-state index contributed by atoms with van der Waals surface area (Å²) in [5.74, 6) is 1.81. The monoisotopic (exact) mass is 250 g/mol. The minimum Gasteiger partial charge on any atom is -0.497 e. The molecular weight excluding hydrogens is 228 g/mol. The van der Waals surface area contributed by atoms with Crippen LogP contribution in [0, 0.1) is 0 Å². The van der Waals surface area contributed by atoms with E-state index in [0.29, 0.717) is 6.04 Å². The lowest BCUT2D eigenvalue weighted by Gasteiger charge is -2.33. The normalized spacial score (nSPS) is 18.4. The van der Waals surface area contributed by atoms with E-state index in [1.165, 1.54) is 5.56 Å². The average molecular weight is 250 g/mol. The second-order valence-electron chi connectivity index (χ2n) is 4.57. The highest BCUT2D eigenvalue weighted by atomic mass is 16.5. The Kier molecular flexibility index (Phi) is 4.44. The van der Waals surface area contributed by atoms with E-state index in [9.17, 15) is 0 Å². The maximum absolute atomic E-state index is 5.46. The van der Waals surface area contributed by atoms with E-state index in [0.717, 1.165) is 37.7 Å². The van der Waals surface area contributed by atoms with Crippen molar-refractivity contribution < 1.29 is 9.47 Å². The molecule has 1 aromatic carbocycles. The van der Waals surface area contributed by atoms with Gasteiger partial charge in [-0.15, -0.1) is 0 Å². The molecular formula is C14H22N2O2. The van der Waals surface area contributed by atoms with Gasteiger partial charge < -0.3 is 14.8 Å². The fraction of sp³-hybridized carbons (Fsp3) is 0.571. The highest BCUT2D eigenvalue weighted by molar-refractivity contribution is 5.42. The quantitative estimate of drug-likeness (QED) is 0.881. The number of nitrogens with one attached hydrogen (secondary N) is 1. The lowest BCUT2D eigenvalue weighted by Crippen LogP contribution is -2.44. The standard InChI is InChI=1S/C14H22N2O2/c1-11(16-8-6-15-7-9-16)13-10-12(17-2)4-5-14(13)18-3/h4-5,10-11,15H,6-9H2,1-3H3. The number of methoxy groups -OCH3 is 2. The fourth-order valence-electron chi connectivity index (χ4n) is 2.43. The molecule has 4 heteroatoms. The molecule has 1 N–H and O–H groups in total. The second-order valence-corrected chi connectivity index (χ2v) is 4.57. The topological polar surface area (TPSA) is 33.7 Å². The van der Waals surface area contributed by atoms with Crippen molar-refractivity contribution in [2.24, 2.45) is 0 Å². The zero-order valence-electron chi connectivity index (χ0n) is 11.4. The minimum atomic E-state index is 0.345. The number of hydrogen-bond acceptors (Lipinski definition) is 4. The Labute approximate surface area is 109 Å². The molecule has 0 spiro atoms. The summed E-state index contributed by atoms with van der Waals surface area (Å²) in [5, 5.41) is 3.37. The molecule has 0 saturated carbocycles. The first-order chi connectivity index (χ1) is 8.76. The maximum atomic E-state index is 5.46. The highest BCUT2D eigenvalue weighted by Gasteiger charge is 2.21. The van der Waals surface area contributed by atoms with Crippen LogP contribution in [0.5, 0.6) is 11.5 Å². The van der Waals surface area contributed by atoms with Crippen molar-refractivity contribution in [2.45, 2.75) is 13.0 Å². The van der Waals surface area contributed by atoms with Gasteiger partial charge in [-0.05, 0) is 25.1 Å². The number of rotatable bonds is 4. The van der Waals surface area contributed by atoms with Gasteiger partial charge in [0.25, 0.3) is 0 Å². The molecule has 100 valence electrons. The second kappa shape index (κ2) is 6.07. The van der Waals surface area contributed by atoms with Crippen LogP contribution in [-0.4, -0.2) is 45.3 Å². The van der Waals surface area contributed by atoms with E-state index in [1.807, 2.05) is 12.1 Å². The van der Waals surface area contributed by atoms with Crippen LogP contribution < -0.4 is 14.8 Å². The van der Waals surface area contributed by atoms with E-state index in [4.69, 9.17) is 9.47 Å². The molecule has 1 atom stereocenters. The molecule has 0 radical (unpaired) electrons. The van der Waals surface area contributed by atoms with E-state index < -0.39 is 0 Å². The molecule has 2 rings (SSSR count). The Morgan fingerprint density at radius 1 is 1.17 bits per heavy atom. The third-order valence-corrected chi connectivity index (χ3v) is 3.59. The van der Waals surface area contributed by atoms with Gasteiger partial charge in [0.15, 0.2) is 0 Å². The lowest BCUT2D eigenvalue weighted by molar-refractivity contribution is 0.182. The van der Waals surface area contributed by atoms with Crippen molar-refractivity contribution >= 4 is 0 Å². The van der Waals surface area contributed by atoms with Crippen LogP contribution in [0.15, 0.2) is 18.2 Å². The van der Waals surface area contributed by atoms with Gasteiger partial charge in [0.1, 0.15) is 11.5 Å². The summed E-state index contributed by atoms with van der Waals surface area (Å²) in [6.45, 7) is 6.47. The Hall–Kier alpha value is -1.26. The molecule has 0 aromatic heterocycles. The molecule has 1 unspecified atom stereocenters. The van der Waals surface area contributed by atoms with Crippen molar-refractivity contribution in [1.29, 1.82) is 0 Å². The van der Waals surface area contributed by atoms with Crippen LogP contribution in [0.4, 0.5) is 0 Å². The fourth-order valence-corrected chi connectivity index (χ4v) is 2.43. The van der Waals surface area contributed by atoms with E-state index in [1.54, 1.807) is 14.2 Å².